The van der Waals surface area contributed by atoms with Crippen molar-refractivity contribution in [1.29, 1.82) is 0 Å². The van der Waals surface area contributed by atoms with E-state index in [1.165, 1.54) is 6.07 Å². The summed E-state index contributed by atoms with van der Waals surface area (Å²) in [5, 5.41) is 10.8. The smallest absolute Gasteiger partial charge is 0.292 e. The molecule has 0 unspecified atom stereocenters. The standard InChI is InChI=1S/C10H13N3O2.ClH/c11-8-5-6-12(7-8)9-3-1-2-4-10(9)13(14)15;/h1-4,8H,5-7,11H2;1H/t8-;/m0./s1. The van der Waals surface area contributed by atoms with Gasteiger partial charge in [-0.25, -0.2) is 0 Å². The Balaban J connectivity index is 0.00000128. The summed E-state index contributed by atoms with van der Waals surface area (Å²) in [6.07, 6.45) is 0.895. The van der Waals surface area contributed by atoms with Gasteiger partial charge in [-0.3, -0.25) is 10.1 Å². The van der Waals surface area contributed by atoms with Gasteiger partial charge in [-0.1, -0.05) is 12.1 Å². The molecule has 0 aliphatic carbocycles. The molecule has 1 saturated heterocycles. The van der Waals surface area contributed by atoms with Crippen molar-refractivity contribution >= 4 is 23.8 Å². The average molecular weight is 244 g/mol. The quantitative estimate of drug-likeness (QED) is 0.632. The maximum absolute atomic E-state index is 10.8. The summed E-state index contributed by atoms with van der Waals surface area (Å²) >= 11 is 0. The van der Waals surface area contributed by atoms with E-state index in [-0.39, 0.29) is 29.1 Å². The van der Waals surface area contributed by atoms with Gasteiger partial charge in [-0.2, -0.15) is 0 Å². The number of anilines is 1. The van der Waals surface area contributed by atoms with Gasteiger partial charge in [0.1, 0.15) is 5.69 Å². The maximum Gasteiger partial charge on any atom is 0.292 e. The highest BCUT2D eigenvalue weighted by molar-refractivity contribution is 5.85. The minimum Gasteiger partial charge on any atom is -0.364 e. The molecule has 1 aromatic carbocycles. The van der Waals surface area contributed by atoms with Crippen LogP contribution < -0.4 is 10.6 Å². The molecule has 0 spiro atoms. The van der Waals surface area contributed by atoms with E-state index in [4.69, 9.17) is 5.73 Å². The molecule has 1 aliphatic heterocycles. The summed E-state index contributed by atoms with van der Waals surface area (Å²) in [6, 6.07) is 6.92. The van der Waals surface area contributed by atoms with Crippen LogP contribution in [0.15, 0.2) is 24.3 Å². The van der Waals surface area contributed by atoms with Gasteiger partial charge in [0.25, 0.3) is 5.69 Å². The summed E-state index contributed by atoms with van der Waals surface area (Å²) in [6.45, 7) is 1.50. The van der Waals surface area contributed by atoms with Crippen molar-refractivity contribution in [2.75, 3.05) is 18.0 Å². The number of rotatable bonds is 2. The molecule has 6 heteroatoms. The highest BCUT2D eigenvalue weighted by atomic mass is 35.5. The number of hydrogen-bond acceptors (Lipinski definition) is 4. The van der Waals surface area contributed by atoms with Gasteiger partial charge in [0.2, 0.25) is 0 Å². The summed E-state index contributed by atoms with van der Waals surface area (Å²) in [5.74, 6) is 0. The lowest BCUT2D eigenvalue weighted by Crippen LogP contribution is -2.26. The molecule has 0 aromatic heterocycles. The van der Waals surface area contributed by atoms with Gasteiger partial charge in [-0.05, 0) is 12.5 Å². The Hall–Kier alpha value is -1.33. The second kappa shape index (κ2) is 5.14. The van der Waals surface area contributed by atoms with E-state index in [0.717, 1.165) is 13.0 Å². The fraction of sp³-hybridized carbons (Fsp3) is 0.400. The fourth-order valence-corrected chi connectivity index (χ4v) is 1.89. The van der Waals surface area contributed by atoms with Gasteiger partial charge >= 0.3 is 0 Å². The third kappa shape index (κ3) is 2.43. The van der Waals surface area contributed by atoms with Crippen molar-refractivity contribution in [3.63, 3.8) is 0 Å². The van der Waals surface area contributed by atoms with E-state index < -0.39 is 0 Å². The lowest BCUT2D eigenvalue weighted by atomic mass is 10.2. The van der Waals surface area contributed by atoms with Crippen molar-refractivity contribution < 1.29 is 4.92 Å². The molecule has 5 nitrogen and oxygen atoms in total. The van der Waals surface area contributed by atoms with Crippen LogP contribution in [0.2, 0.25) is 0 Å². The molecule has 0 saturated carbocycles. The van der Waals surface area contributed by atoms with Crippen LogP contribution >= 0.6 is 12.4 Å². The van der Waals surface area contributed by atoms with Crippen molar-refractivity contribution in [1.82, 2.24) is 0 Å². The first-order valence-electron chi connectivity index (χ1n) is 4.92. The molecule has 88 valence electrons. The van der Waals surface area contributed by atoms with Crippen molar-refractivity contribution in [3.05, 3.63) is 34.4 Å². The molecule has 2 N–H and O–H groups in total. The molecule has 1 atom stereocenters. The van der Waals surface area contributed by atoms with E-state index in [1.807, 2.05) is 11.0 Å². The third-order valence-corrected chi connectivity index (χ3v) is 2.64. The molecule has 1 heterocycles. The van der Waals surface area contributed by atoms with Gasteiger partial charge in [0.05, 0.1) is 4.92 Å². The lowest BCUT2D eigenvalue weighted by Gasteiger charge is -2.17. The van der Waals surface area contributed by atoms with Crippen LogP contribution in [0.4, 0.5) is 11.4 Å². The Morgan fingerprint density at radius 1 is 1.44 bits per heavy atom. The van der Waals surface area contributed by atoms with Crippen LogP contribution in [0.5, 0.6) is 0 Å². The van der Waals surface area contributed by atoms with E-state index in [2.05, 4.69) is 0 Å². The first kappa shape index (κ1) is 12.7. The Kier molecular flexibility index (Phi) is 4.09. The normalized spacial score (nSPS) is 19.3. The third-order valence-electron chi connectivity index (χ3n) is 2.64. The second-order valence-electron chi connectivity index (χ2n) is 3.74. The van der Waals surface area contributed by atoms with Gasteiger partial charge in [0.15, 0.2) is 0 Å². The van der Waals surface area contributed by atoms with Crippen LogP contribution in [0, 0.1) is 10.1 Å². The van der Waals surface area contributed by atoms with Crippen molar-refractivity contribution in [2.45, 2.75) is 12.5 Å². The molecular weight excluding hydrogens is 230 g/mol. The van der Waals surface area contributed by atoms with Gasteiger partial charge in [-0.15, -0.1) is 12.4 Å². The largest absolute Gasteiger partial charge is 0.364 e. The highest BCUT2D eigenvalue weighted by Crippen LogP contribution is 2.29. The first-order chi connectivity index (χ1) is 7.18. The monoisotopic (exact) mass is 243 g/mol. The molecule has 0 amide bonds. The fourth-order valence-electron chi connectivity index (χ4n) is 1.89. The minimum absolute atomic E-state index is 0. The SMILES string of the molecule is Cl.N[C@H]1CCN(c2ccccc2[N+](=O)[O-])C1. The summed E-state index contributed by atoms with van der Waals surface area (Å²) in [4.78, 5) is 12.4. The van der Waals surface area contributed by atoms with Crippen LogP contribution in [-0.4, -0.2) is 24.1 Å². The maximum atomic E-state index is 10.8. The second-order valence-corrected chi connectivity index (χ2v) is 3.74. The number of nitro benzene ring substituents is 1. The number of halogens is 1. The number of benzene rings is 1. The predicted octanol–water partition coefficient (Wildman–Crippen LogP) is 1.55. The number of nitro groups is 1. The number of para-hydroxylation sites is 2. The van der Waals surface area contributed by atoms with E-state index in [9.17, 15) is 10.1 Å². The molecule has 0 bridgehead atoms. The number of nitrogens with zero attached hydrogens (tertiary/aromatic N) is 2. The zero-order chi connectivity index (χ0) is 10.8. The first-order valence-corrected chi connectivity index (χ1v) is 4.92. The Bertz CT molecular complexity index is 386. The van der Waals surface area contributed by atoms with Gasteiger partial charge in [0, 0.05) is 25.2 Å². The Morgan fingerprint density at radius 3 is 2.69 bits per heavy atom. The van der Waals surface area contributed by atoms with E-state index in [0.29, 0.717) is 12.2 Å². The van der Waals surface area contributed by atoms with Crippen molar-refractivity contribution in [3.8, 4) is 0 Å². The molecule has 1 aromatic rings. The van der Waals surface area contributed by atoms with Crippen LogP contribution in [0.25, 0.3) is 0 Å². The molecule has 1 fully saturated rings. The molecule has 16 heavy (non-hydrogen) atoms. The van der Waals surface area contributed by atoms with E-state index in [1.54, 1.807) is 12.1 Å². The zero-order valence-electron chi connectivity index (χ0n) is 8.70. The Labute approximate surface area is 99.8 Å². The number of nitrogens with two attached hydrogens (primary N) is 1. The topological polar surface area (TPSA) is 72.4 Å². The molecule has 2 rings (SSSR count). The Morgan fingerprint density at radius 2 is 2.12 bits per heavy atom. The van der Waals surface area contributed by atoms with Gasteiger partial charge < -0.3 is 10.6 Å². The number of hydrogen-bond donors (Lipinski definition) is 1. The molecule has 1 aliphatic rings. The molecule has 0 radical (unpaired) electrons. The lowest BCUT2D eigenvalue weighted by molar-refractivity contribution is -0.384. The summed E-state index contributed by atoms with van der Waals surface area (Å²) in [5.41, 5.74) is 6.61. The van der Waals surface area contributed by atoms with Crippen LogP contribution in [0.1, 0.15) is 6.42 Å². The summed E-state index contributed by atoms with van der Waals surface area (Å²) < 4.78 is 0. The zero-order valence-corrected chi connectivity index (χ0v) is 9.52. The van der Waals surface area contributed by atoms with Crippen molar-refractivity contribution in [2.24, 2.45) is 5.73 Å². The highest BCUT2D eigenvalue weighted by Gasteiger charge is 2.24. The van der Waals surface area contributed by atoms with Crippen LogP contribution in [0.3, 0.4) is 0 Å². The minimum atomic E-state index is -0.348. The summed E-state index contributed by atoms with van der Waals surface area (Å²) in [7, 11) is 0. The van der Waals surface area contributed by atoms with E-state index >= 15 is 0 Å². The van der Waals surface area contributed by atoms with Crippen LogP contribution in [-0.2, 0) is 0 Å². The predicted molar refractivity (Wildman–Crippen MR) is 65.1 cm³/mol. The molecular formula is C10H14ClN3O2. The average Bonchev–Trinajstić information content (AvgIpc) is 2.65.